The first-order chi connectivity index (χ1) is 14.7. The highest BCUT2D eigenvalue weighted by atomic mass is 19.4. The molecule has 31 heavy (non-hydrogen) atoms. The van der Waals surface area contributed by atoms with Crippen LogP contribution in [0, 0.1) is 6.92 Å². The van der Waals surface area contributed by atoms with Crippen LogP contribution in [0.5, 0.6) is 5.75 Å². The van der Waals surface area contributed by atoms with E-state index in [1.165, 1.54) is 37.5 Å². The highest BCUT2D eigenvalue weighted by Crippen LogP contribution is 2.36. The number of piperidine rings is 1. The number of amides is 1. The number of hydrogen-bond acceptors (Lipinski definition) is 3. The van der Waals surface area contributed by atoms with Gasteiger partial charge in [-0.1, -0.05) is 31.9 Å². The molecular formula is C23H30F3N3O2. The van der Waals surface area contributed by atoms with Crippen molar-refractivity contribution in [1.29, 1.82) is 0 Å². The number of benzene rings is 1. The zero-order chi connectivity index (χ0) is 22.6. The van der Waals surface area contributed by atoms with Crippen molar-refractivity contribution < 1.29 is 22.7 Å². The maximum atomic E-state index is 12.7. The lowest BCUT2D eigenvalue weighted by Crippen LogP contribution is -2.33. The molecular weight excluding hydrogens is 407 g/mol. The van der Waals surface area contributed by atoms with Crippen molar-refractivity contribution in [3.8, 4) is 16.9 Å². The van der Waals surface area contributed by atoms with Gasteiger partial charge in [-0.05, 0) is 57.0 Å². The summed E-state index contributed by atoms with van der Waals surface area (Å²) in [5, 5.41) is 0. The molecule has 0 atom stereocenters. The topological polar surface area (TPSA) is 60.5 Å². The van der Waals surface area contributed by atoms with Gasteiger partial charge in [-0.3, -0.25) is 4.79 Å². The van der Waals surface area contributed by atoms with E-state index in [0.29, 0.717) is 29.7 Å². The number of aromatic nitrogens is 1. The normalized spacial score (nSPS) is 15.3. The number of nitrogens with zero attached hydrogens (tertiary/aromatic N) is 2. The smallest absolute Gasteiger partial charge is 0.406 e. The number of alkyl halides is 3. The Kier molecular flexibility index (Phi) is 7.30. The van der Waals surface area contributed by atoms with E-state index in [0.717, 1.165) is 37.4 Å². The van der Waals surface area contributed by atoms with Crippen molar-refractivity contribution >= 4 is 5.91 Å². The van der Waals surface area contributed by atoms with Crippen LogP contribution < -0.4 is 10.5 Å². The molecule has 1 fully saturated rings. The number of carbonyl (C=O) groups excluding carboxylic acids is 1. The second-order valence-electron chi connectivity index (χ2n) is 8.03. The van der Waals surface area contributed by atoms with Crippen LogP contribution in [0.25, 0.3) is 11.1 Å². The summed E-state index contributed by atoms with van der Waals surface area (Å²) in [5.74, 6) is -0.898. The minimum absolute atomic E-state index is 0.318. The standard InChI is InChI=1S/C23H30F3N3O2/c1-3-8-19-21(17-9-7-10-18(15-17)31-23(24,25)26)20(22(27)30)16(2)29(19)14-13-28-11-5-4-6-12-28/h7,9-10,15H,3-6,8,11-14H2,1-2H3,(H2,27,30). The van der Waals surface area contributed by atoms with Crippen LogP contribution in [0.2, 0.25) is 0 Å². The van der Waals surface area contributed by atoms with Gasteiger partial charge in [0.15, 0.2) is 0 Å². The number of likely N-dealkylation sites (tertiary alicyclic amines) is 1. The molecule has 2 heterocycles. The minimum atomic E-state index is -4.78. The second-order valence-corrected chi connectivity index (χ2v) is 8.03. The molecule has 1 aliphatic rings. The summed E-state index contributed by atoms with van der Waals surface area (Å²) in [6.45, 7) is 7.59. The fraction of sp³-hybridized carbons (Fsp3) is 0.522. The molecule has 0 radical (unpaired) electrons. The summed E-state index contributed by atoms with van der Waals surface area (Å²) in [5.41, 5.74) is 8.89. The first-order valence-corrected chi connectivity index (χ1v) is 10.8. The Labute approximate surface area is 181 Å². The van der Waals surface area contributed by atoms with Gasteiger partial charge >= 0.3 is 6.36 Å². The number of ether oxygens (including phenoxy) is 1. The third-order valence-corrected chi connectivity index (χ3v) is 5.81. The molecule has 2 N–H and O–H groups in total. The van der Waals surface area contributed by atoms with Crippen molar-refractivity contribution in [3.63, 3.8) is 0 Å². The van der Waals surface area contributed by atoms with Crippen molar-refractivity contribution in [1.82, 2.24) is 9.47 Å². The van der Waals surface area contributed by atoms with E-state index in [-0.39, 0.29) is 5.75 Å². The van der Waals surface area contributed by atoms with Gasteiger partial charge < -0.3 is 19.9 Å². The molecule has 170 valence electrons. The predicted molar refractivity (Wildman–Crippen MR) is 114 cm³/mol. The first kappa shape index (κ1) is 23.2. The second kappa shape index (κ2) is 9.77. The third-order valence-electron chi connectivity index (χ3n) is 5.81. The lowest BCUT2D eigenvalue weighted by atomic mass is 9.98. The molecule has 0 saturated carbocycles. The van der Waals surface area contributed by atoms with Gasteiger partial charge in [-0.15, -0.1) is 13.2 Å². The average molecular weight is 438 g/mol. The Morgan fingerprint density at radius 3 is 2.48 bits per heavy atom. The van der Waals surface area contributed by atoms with E-state index in [4.69, 9.17) is 5.73 Å². The van der Waals surface area contributed by atoms with E-state index in [1.54, 1.807) is 6.07 Å². The monoisotopic (exact) mass is 437 g/mol. The molecule has 3 rings (SSSR count). The molecule has 0 bridgehead atoms. The van der Waals surface area contributed by atoms with Gasteiger partial charge in [0, 0.05) is 30.0 Å². The summed E-state index contributed by atoms with van der Waals surface area (Å²) < 4.78 is 44.4. The lowest BCUT2D eigenvalue weighted by Gasteiger charge is -2.27. The molecule has 1 amide bonds. The number of nitrogens with two attached hydrogens (primary N) is 1. The molecule has 5 nitrogen and oxygen atoms in total. The summed E-state index contributed by atoms with van der Waals surface area (Å²) in [6.07, 6.45) is 0.373. The Balaban J connectivity index is 2.04. The molecule has 0 spiro atoms. The van der Waals surface area contributed by atoms with Crippen molar-refractivity contribution in [2.45, 2.75) is 58.9 Å². The molecule has 0 unspecified atom stereocenters. The number of carbonyl (C=O) groups is 1. The molecule has 8 heteroatoms. The SMILES string of the molecule is CCCc1c(-c2cccc(OC(F)(F)F)c2)c(C(N)=O)c(C)n1CCN1CCCCC1. The van der Waals surface area contributed by atoms with Crippen molar-refractivity contribution in [3.05, 3.63) is 41.2 Å². The zero-order valence-electron chi connectivity index (χ0n) is 18.1. The molecule has 1 aromatic carbocycles. The summed E-state index contributed by atoms with van der Waals surface area (Å²) in [7, 11) is 0. The number of primary amides is 1. The van der Waals surface area contributed by atoms with E-state index < -0.39 is 12.3 Å². The van der Waals surface area contributed by atoms with E-state index in [9.17, 15) is 18.0 Å². The Bertz CT molecular complexity index is 916. The Hall–Kier alpha value is -2.48. The molecule has 1 saturated heterocycles. The van der Waals surface area contributed by atoms with Gasteiger partial charge in [0.2, 0.25) is 0 Å². The summed E-state index contributed by atoms with van der Waals surface area (Å²) in [6, 6.07) is 5.76. The van der Waals surface area contributed by atoms with Crippen molar-refractivity contribution in [2.24, 2.45) is 5.73 Å². The summed E-state index contributed by atoms with van der Waals surface area (Å²) >= 11 is 0. The molecule has 0 aliphatic carbocycles. The van der Waals surface area contributed by atoms with Crippen LogP contribution >= 0.6 is 0 Å². The number of rotatable bonds is 8. The van der Waals surface area contributed by atoms with Crippen LogP contribution in [0.15, 0.2) is 24.3 Å². The maximum Gasteiger partial charge on any atom is 0.573 e. The van der Waals surface area contributed by atoms with Crippen LogP contribution in [-0.2, 0) is 13.0 Å². The van der Waals surface area contributed by atoms with Crippen LogP contribution in [0.3, 0.4) is 0 Å². The molecule has 1 aromatic heterocycles. The van der Waals surface area contributed by atoms with Gasteiger partial charge in [-0.2, -0.15) is 0 Å². The maximum absolute atomic E-state index is 12.7. The van der Waals surface area contributed by atoms with Gasteiger partial charge in [0.05, 0.1) is 5.56 Å². The highest BCUT2D eigenvalue weighted by molar-refractivity contribution is 6.02. The highest BCUT2D eigenvalue weighted by Gasteiger charge is 2.31. The van der Waals surface area contributed by atoms with Gasteiger partial charge in [-0.25, -0.2) is 0 Å². The minimum Gasteiger partial charge on any atom is -0.406 e. The first-order valence-electron chi connectivity index (χ1n) is 10.8. The van der Waals surface area contributed by atoms with E-state index >= 15 is 0 Å². The van der Waals surface area contributed by atoms with Gasteiger partial charge in [0.1, 0.15) is 5.75 Å². The van der Waals surface area contributed by atoms with Gasteiger partial charge in [0.25, 0.3) is 5.91 Å². The van der Waals surface area contributed by atoms with Crippen LogP contribution in [0.4, 0.5) is 13.2 Å². The number of halogens is 3. The third kappa shape index (κ3) is 5.61. The Morgan fingerprint density at radius 1 is 1.16 bits per heavy atom. The van der Waals surface area contributed by atoms with E-state index in [1.807, 2.05) is 13.8 Å². The van der Waals surface area contributed by atoms with Crippen LogP contribution in [0.1, 0.15) is 54.4 Å². The molecule has 2 aromatic rings. The largest absolute Gasteiger partial charge is 0.573 e. The van der Waals surface area contributed by atoms with E-state index in [2.05, 4.69) is 14.2 Å². The molecule has 1 aliphatic heterocycles. The average Bonchev–Trinajstić information content (AvgIpc) is 2.98. The Morgan fingerprint density at radius 2 is 1.87 bits per heavy atom. The van der Waals surface area contributed by atoms with Crippen molar-refractivity contribution in [2.75, 3.05) is 19.6 Å². The summed E-state index contributed by atoms with van der Waals surface area (Å²) in [4.78, 5) is 14.8. The zero-order valence-corrected chi connectivity index (χ0v) is 18.1. The quantitative estimate of drug-likeness (QED) is 0.639. The van der Waals surface area contributed by atoms with Crippen LogP contribution in [-0.4, -0.2) is 41.4 Å². The number of hydrogen-bond donors (Lipinski definition) is 1. The fourth-order valence-electron chi connectivity index (χ4n) is 4.48. The fourth-order valence-corrected chi connectivity index (χ4v) is 4.48. The predicted octanol–water partition coefficient (Wildman–Crippen LogP) is 4.90. The lowest BCUT2D eigenvalue weighted by molar-refractivity contribution is -0.274.